The fourth-order valence-electron chi connectivity index (χ4n) is 2.39. The summed E-state index contributed by atoms with van der Waals surface area (Å²) in [5.74, 6) is -0.379. The number of benzene rings is 1. The van der Waals surface area contributed by atoms with E-state index in [1.165, 1.54) is 4.90 Å². The van der Waals surface area contributed by atoms with Crippen molar-refractivity contribution in [2.24, 2.45) is 0 Å². The SMILES string of the molecule is COCCCNC(=O)CN(C)C(=O)c1cccn1-c1cccc(I)c1. The average molecular weight is 455 g/mol. The molecule has 6 nitrogen and oxygen atoms in total. The third kappa shape index (κ3) is 5.57. The molecular weight excluding hydrogens is 433 g/mol. The van der Waals surface area contributed by atoms with Crippen LogP contribution in [0.5, 0.6) is 0 Å². The number of aromatic nitrogens is 1. The average Bonchev–Trinajstić information content (AvgIpc) is 3.07. The second-order valence-corrected chi connectivity index (χ2v) is 6.85. The Balaban J connectivity index is 2.01. The van der Waals surface area contributed by atoms with Crippen molar-refractivity contribution in [1.82, 2.24) is 14.8 Å². The summed E-state index contributed by atoms with van der Waals surface area (Å²) in [4.78, 5) is 26.1. The van der Waals surface area contributed by atoms with Crippen molar-refractivity contribution in [2.45, 2.75) is 6.42 Å². The van der Waals surface area contributed by atoms with Gasteiger partial charge >= 0.3 is 0 Å². The summed E-state index contributed by atoms with van der Waals surface area (Å²) in [5.41, 5.74) is 1.44. The van der Waals surface area contributed by atoms with E-state index < -0.39 is 0 Å². The van der Waals surface area contributed by atoms with E-state index in [0.717, 1.165) is 15.7 Å². The van der Waals surface area contributed by atoms with Gasteiger partial charge < -0.3 is 19.5 Å². The third-order valence-electron chi connectivity index (χ3n) is 3.63. The Kier molecular flexibility index (Phi) is 7.45. The van der Waals surface area contributed by atoms with Crippen LogP contribution in [0.25, 0.3) is 5.69 Å². The predicted molar refractivity (Wildman–Crippen MR) is 105 cm³/mol. The summed E-state index contributed by atoms with van der Waals surface area (Å²) in [6.07, 6.45) is 2.59. The highest BCUT2D eigenvalue weighted by Crippen LogP contribution is 2.16. The summed E-state index contributed by atoms with van der Waals surface area (Å²) >= 11 is 2.24. The second kappa shape index (κ2) is 9.57. The molecule has 0 spiro atoms. The van der Waals surface area contributed by atoms with Crippen molar-refractivity contribution in [3.8, 4) is 5.69 Å². The molecule has 0 saturated carbocycles. The second-order valence-electron chi connectivity index (χ2n) is 5.60. The summed E-state index contributed by atoms with van der Waals surface area (Å²) in [7, 11) is 3.25. The van der Waals surface area contributed by atoms with Gasteiger partial charge in [0.15, 0.2) is 0 Å². The Labute approximate surface area is 161 Å². The van der Waals surface area contributed by atoms with Gasteiger partial charge in [0.25, 0.3) is 5.91 Å². The van der Waals surface area contributed by atoms with Gasteiger partial charge in [0.2, 0.25) is 5.91 Å². The molecular formula is C18H22IN3O3. The number of carbonyl (C=O) groups is 2. The van der Waals surface area contributed by atoms with Crippen molar-refractivity contribution < 1.29 is 14.3 Å². The number of carbonyl (C=O) groups excluding carboxylic acids is 2. The molecule has 2 rings (SSSR count). The Morgan fingerprint density at radius 2 is 2.08 bits per heavy atom. The summed E-state index contributed by atoms with van der Waals surface area (Å²) in [6.45, 7) is 1.15. The Bertz CT molecular complexity index is 730. The molecule has 0 aliphatic carbocycles. The highest BCUT2D eigenvalue weighted by molar-refractivity contribution is 14.1. The molecule has 0 unspecified atom stereocenters. The molecule has 2 amide bonds. The lowest BCUT2D eigenvalue weighted by molar-refractivity contribution is -0.121. The van der Waals surface area contributed by atoms with Crippen molar-refractivity contribution in [3.63, 3.8) is 0 Å². The minimum Gasteiger partial charge on any atom is -0.385 e. The molecule has 0 atom stereocenters. The molecule has 0 bridgehead atoms. The summed E-state index contributed by atoms with van der Waals surface area (Å²) in [6, 6.07) is 11.5. The molecule has 1 N–H and O–H groups in total. The molecule has 1 heterocycles. The van der Waals surface area contributed by atoms with Crippen LogP contribution in [-0.2, 0) is 9.53 Å². The van der Waals surface area contributed by atoms with Crippen LogP contribution in [0.2, 0.25) is 0 Å². The largest absolute Gasteiger partial charge is 0.385 e. The van der Waals surface area contributed by atoms with Crippen LogP contribution in [0, 0.1) is 3.57 Å². The van der Waals surface area contributed by atoms with Gasteiger partial charge in [0, 0.05) is 42.8 Å². The number of hydrogen-bond donors (Lipinski definition) is 1. The van der Waals surface area contributed by atoms with E-state index in [-0.39, 0.29) is 18.4 Å². The van der Waals surface area contributed by atoms with E-state index in [9.17, 15) is 9.59 Å². The van der Waals surface area contributed by atoms with Crippen molar-refractivity contribution in [2.75, 3.05) is 33.9 Å². The van der Waals surface area contributed by atoms with Gasteiger partial charge in [-0.05, 0) is 59.3 Å². The first-order valence-electron chi connectivity index (χ1n) is 7.97. The smallest absolute Gasteiger partial charge is 0.271 e. The number of halogens is 1. The lowest BCUT2D eigenvalue weighted by atomic mass is 10.3. The normalized spacial score (nSPS) is 10.5. The van der Waals surface area contributed by atoms with E-state index in [1.807, 2.05) is 41.1 Å². The number of amides is 2. The third-order valence-corrected chi connectivity index (χ3v) is 4.30. The van der Waals surface area contributed by atoms with Crippen LogP contribution in [0.3, 0.4) is 0 Å². The van der Waals surface area contributed by atoms with Gasteiger partial charge in [0.05, 0.1) is 6.54 Å². The molecule has 7 heteroatoms. The first-order valence-corrected chi connectivity index (χ1v) is 9.05. The van der Waals surface area contributed by atoms with Crippen LogP contribution in [0.1, 0.15) is 16.9 Å². The molecule has 134 valence electrons. The molecule has 0 aliphatic rings. The van der Waals surface area contributed by atoms with Gasteiger partial charge in [-0.15, -0.1) is 0 Å². The maximum Gasteiger partial charge on any atom is 0.271 e. The Morgan fingerprint density at radius 1 is 1.28 bits per heavy atom. The van der Waals surface area contributed by atoms with E-state index >= 15 is 0 Å². The first-order chi connectivity index (χ1) is 12.0. The standard InChI is InChI=1S/C18H22IN3O3/c1-21(13-17(23)20-9-5-11-25-2)18(24)16-8-4-10-22(16)15-7-3-6-14(19)12-15/h3-4,6-8,10,12H,5,9,11,13H2,1-2H3,(H,20,23). The van der Waals surface area contributed by atoms with E-state index in [0.29, 0.717) is 18.8 Å². The van der Waals surface area contributed by atoms with Gasteiger partial charge in [0.1, 0.15) is 5.69 Å². The minimum atomic E-state index is -0.198. The zero-order chi connectivity index (χ0) is 18.2. The van der Waals surface area contributed by atoms with Crippen LogP contribution >= 0.6 is 22.6 Å². The number of rotatable bonds is 8. The zero-order valence-corrected chi connectivity index (χ0v) is 16.5. The van der Waals surface area contributed by atoms with E-state index in [4.69, 9.17) is 4.74 Å². The molecule has 0 fully saturated rings. The summed E-state index contributed by atoms with van der Waals surface area (Å²) < 4.78 is 7.86. The highest BCUT2D eigenvalue weighted by atomic mass is 127. The monoisotopic (exact) mass is 455 g/mol. The van der Waals surface area contributed by atoms with Crippen molar-refractivity contribution in [1.29, 1.82) is 0 Å². The van der Waals surface area contributed by atoms with Crippen molar-refractivity contribution >= 4 is 34.4 Å². The first kappa shape index (κ1) is 19.5. The number of methoxy groups -OCH3 is 1. The number of nitrogens with one attached hydrogen (secondary N) is 1. The van der Waals surface area contributed by atoms with Crippen LogP contribution < -0.4 is 5.32 Å². The summed E-state index contributed by atoms with van der Waals surface area (Å²) in [5, 5.41) is 2.78. The quantitative estimate of drug-likeness (QED) is 0.491. The van der Waals surface area contributed by atoms with E-state index in [2.05, 4.69) is 27.9 Å². The molecule has 1 aromatic heterocycles. The molecule has 0 radical (unpaired) electrons. The zero-order valence-electron chi connectivity index (χ0n) is 14.4. The fraction of sp³-hybridized carbons (Fsp3) is 0.333. The topological polar surface area (TPSA) is 63.6 Å². The van der Waals surface area contributed by atoms with Crippen molar-refractivity contribution in [3.05, 3.63) is 51.9 Å². The lowest BCUT2D eigenvalue weighted by Gasteiger charge is -2.18. The maximum absolute atomic E-state index is 12.7. The molecule has 1 aromatic carbocycles. The maximum atomic E-state index is 12.7. The van der Waals surface area contributed by atoms with Gasteiger partial charge in [-0.2, -0.15) is 0 Å². The predicted octanol–water partition coefficient (Wildman–Crippen LogP) is 2.31. The van der Waals surface area contributed by atoms with Crippen LogP contribution in [0.15, 0.2) is 42.6 Å². The van der Waals surface area contributed by atoms with Gasteiger partial charge in [-0.25, -0.2) is 0 Å². The number of likely N-dealkylation sites (N-methyl/N-ethyl adjacent to an activating group) is 1. The number of nitrogens with zero attached hydrogens (tertiary/aromatic N) is 2. The fourth-order valence-corrected chi connectivity index (χ4v) is 2.92. The molecule has 0 saturated heterocycles. The minimum absolute atomic E-state index is 0.0172. The van der Waals surface area contributed by atoms with Gasteiger partial charge in [-0.3, -0.25) is 9.59 Å². The molecule has 0 aliphatic heterocycles. The Hall–Kier alpha value is -1.87. The van der Waals surface area contributed by atoms with Gasteiger partial charge in [-0.1, -0.05) is 6.07 Å². The van der Waals surface area contributed by atoms with E-state index in [1.54, 1.807) is 20.2 Å². The number of hydrogen-bond acceptors (Lipinski definition) is 3. The number of ether oxygens (including phenoxy) is 1. The van der Waals surface area contributed by atoms with Crippen LogP contribution in [-0.4, -0.2) is 55.1 Å². The van der Waals surface area contributed by atoms with Crippen LogP contribution in [0.4, 0.5) is 0 Å². The molecule has 25 heavy (non-hydrogen) atoms. The Morgan fingerprint density at radius 3 is 2.80 bits per heavy atom. The molecule has 2 aromatic rings. The lowest BCUT2D eigenvalue weighted by Crippen LogP contribution is -2.39. The highest BCUT2D eigenvalue weighted by Gasteiger charge is 2.18.